The highest BCUT2D eigenvalue weighted by Gasteiger charge is 2.32. The lowest BCUT2D eigenvalue weighted by Crippen LogP contribution is -2.42. The van der Waals surface area contributed by atoms with Crippen molar-refractivity contribution < 1.29 is 9.59 Å². The topological polar surface area (TPSA) is 92.2 Å². The van der Waals surface area contributed by atoms with Crippen LogP contribution in [0.1, 0.15) is 38.8 Å². The van der Waals surface area contributed by atoms with Crippen LogP contribution in [0.2, 0.25) is 5.02 Å². The van der Waals surface area contributed by atoms with Gasteiger partial charge in [0.1, 0.15) is 5.82 Å². The largest absolute Gasteiger partial charge is 0.341 e. The summed E-state index contributed by atoms with van der Waals surface area (Å²) in [5.74, 6) is 0.277. The summed E-state index contributed by atoms with van der Waals surface area (Å²) in [6.45, 7) is 5.98. The van der Waals surface area contributed by atoms with Gasteiger partial charge in [0.2, 0.25) is 5.91 Å². The maximum absolute atomic E-state index is 12.6. The summed E-state index contributed by atoms with van der Waals surface area (Å²) in [6.07, 6.45) is 6.26. The minimum absolute atomic E-state index is 0.0992. The van der Waals surface area contributed by atoms with Crippen LogP contribution < -0.4 is 10.6 Å². The molecular formula is C21H27ClN6O2. The van der Waals surface area contributed by atoms with Crippen molar-refractivity contribution in [1.29, 1.82) is 0 Å². The molecule has 0 aromatic carbocycles. The minimum Gasteiger partial charge on any atom is -0.341 e. The quantitative estimate of drug-likeness (QED) is 0.778. The number of carbonyl (C=O) groups excluding carboxylic acids is 2. The Morgan fingerprint density at radius 2 is 2.10 bits per heavy atom. The zero-order chi connectivity index (χ0) is 21.5. The third-order valence-corrected chi connectivity index (χ3v) is 6.16. The lowest BCUT2D eigenvalue weighted by Gasteiger charge is -2.23. The second-order valence-electron chi connectivity index (χ2n) is 8.85. The zero-order valence-electron chi connectivity index (χ0n) is 17.5. The fraction of sp³-hybridized carbons (Fsp3) is 0.524. The molecule has 1 saturated heterocycles. The molecule has 30 heavy (non-hydrogen) atoms. The smallest absolute Gasteiger partial charge is 0.317 e. The van der Waals surface area contributed by atoms with Gasteiger partial charge in [-0.2, -0.15) is 5.10 Å². The van der Waals surface area contributed by atoms with Crippen molar-refractivity contribution in [1.82, 2.24) is 25.0 Å². The average Bonchev–Trinajstić information content (AvgIpc) is 3.36. The molecule has 2 aromatic rings. The molecule has 2 aliphatic heterocycles. The fourth-order valence-electron chi connectivity index (χ4n) is 4.45. The SMILES string of the molecule is CNC(=O)N1CCCC1CC(=O)Nc1cc(-c2cnn3c2CC(C)(C)C3)c(Cl)cn1. The number of halogens is 1. The molecule has 0 bridgehead atoms. The van der Waals surface area contributed by atoms with Crippen molar-refractivity contribution in [3.05, 3.63) is 29.2 Å². The van der Waals surface area contributed by atoms with Gasteiger partial charge < -0.3 is 15.5 Å². The number of carbonyl (C=O) groups is 2. The van der Waals surface area contributed by atoms with Gasteiger partial charge in [-0.3, -0.25) is 9.48 Å². The summed E-state index contributed by atoms with van der Waals surface area (Å²) >= 11 is 6.44. The van der Waals surface area contributed by atoms with Crippen LogP contribution in [0.5, 0.6) is 0 Å². The molecule has 0 aliphatic carbocycles. The number of aromatic nitrogens is 3. The number of fused-ring (bicyclic) bond motifs is 1. The molecule has 2 aromatic heterocycles. The number of anilines is 1. The predicted molar refractivity (Wildman–Crippen MR) is 115 cm³/mol. The van der Waals surface area contributed by atoms with Crippen LogP contribution >= 0.6 is 11.6 Å². The Balaban J connectivity index is 1.50. The Hall–Kier alpha value is -2.61. The lowest BCUT2D eigenvalue weighted by atomic mass is 9.89. The van der Waals surface area contributed by atoms with Gasteiger partial charge in [-0.25, -0.2) is 9.78 Å². The number of rotatable bonds is 4. The van der Waals surface area contributed by atoms with Gasteiger partial charge in [0.15, 0.2) is 0 Å². The van der Waals surface area contributed by atoms with Gasteiger partial charge in [-0.1, -0.05) is 25.4 Å². The molecule has 3 amide bonds. The molecule has 1 fully saturated rings. The van der Waals surface area contributed by atoms with E-state index in [1.165, 1.54) is 0 Å². The number of amides is 3. The lowest BCUT2D eigenvalue weighted by molar-refractivity contribution is -0.117. The standard InChI is InChI=1S/C21H27ClN6O2/c1-21(2)9-17-15(10-25-28(17)12-21)14-8-18(24-11-16(14)22)26-19(29)7-13-5-4-6-27(13)20(30)23-3/h8,10-11,13H,4-7,9,12H2,1-3H3,(H,23,30)(H,24,26,29). The Bertz CT molecular complexity index is 986. The Kier molecular flexibility index (Phi) is 5.44. The summed E-state index contributed by atoms with van der Waals surface area (Å²) in [5, 5.41) is 10.5. The van der Waals surface area contributed by atoms with Crippen molar-refractivity contribution in [3.8, 4) is 11.1 Å². The summed E-state index contributed by atoms with van der Waals surface area (Å²) in [7, 11) is 1.60. The van der Waals surface area contributed by atoms with E-state index in [1.807, 2.05) is 10.9 Å². The molecule has 1 unspecified atom stereocenters. The van der Waals surface area contributed by atoms with E-state index in [2.05, 4.69) is 34.6 Å². The molecule has 0 radical (unpaired) electrons. The Morgan fingerprint density at radius 3 is 2.87 bits per heavy atom. The monoisotopic (exact) mass is 430 g/mol. The summed E-state index contributed by atoms with van der Waals surface area (Å²) < 4.78 is 2.03. The highest BCUT2D eigenvalue weighted by molar-refractivity contribution is 6.33. The first-order valence-electron chi connectivity index (χ1n) is 10.3. The van der Waals surface area contributed by atoms with E-state index in [0.717, 1.165) is 42.6 Å². The second kappa shape index (κ2) is 7.91. The van der Waals surface area contributed by atoms with Gasteiger partial charge in [-0.15, -0.1) is 0 Å². The van der Waals surface area contributed by atoms with Crippen LogP contribution in [0, 0.1) is 5.41 Å². The van der Waals surface area contributed by atoms with E-state index in [1.54, 1.807) is 24.2 Å². The first kappa shape index (κ1) is 20.7. The van der Waals surface area contributed by atoms with Crippen LogP contribution in [0.15, 0.2) is 18.5 Å². The highest BCUT2D eigenvalue weighted by Crippen LogP contribution is 2.39. The number of nitrogens with one attached hydrogen (secondary N) is 2. The van der Waals surface area contributed by atoms with E-state index >= 15 is 0 Å². The molecule has 8 nitrogen and oxygen atoms in total. The molecule has 9 heteroatoms. The first-order chi connectivity index (χ1) is 14.3. The van der Waals surface area contributed by atoms with E-state index in [9.17, 15) is 9.59 Å². The number of hydrogen-bond acceptors (Lipinski definition) is 4. The maximum Gasteiger partial charge on any atom is 0.317 e. The molecule has 1 atom stereocenters. The normalized spacial score (nSPS) is 19.6. The first-order valence-corrected chi connectivity index (χ1v) is 10.6. The van der Waals surface area contributed by atoms with Crippen molar-refractivity contribution in [2.24, 2.45) is 5.41 Å². The van der Waals surface area contributed by atoms with Crippen LogP contribution in [-0.2, 0) is 17.8 Å². The zero-order valence-corrected chi connectivity index (χ0v) is 18.3. The molecule has 2 N–H and O–H groups in total. The number of hydrogen-bond donors (Lipinski definition) is 2. The number of pyridine rings is 1. The molecule has 4 rings (SSSR count). The van der Waals surface area contributed by atoms with Gasteiger partial charge >= 0.3 is 6.03 Å². The third kappa shape index (κ3) is 4.01. The van der Waals surface area contributed by atoms with E-state index < -0.39 is 0 Å². The van der Waals surface area contributed by atoms with Crippen LogP contribution in [0.3, 0.4) is 0 Å². The number of urea groups is 1. The van der Waals surface area contributed by atoms with Gasteiger partial charge in [-0.05, 0) is 30.7 Å². The Labute approximate surface area is 181 Å². The predicted octanol–water partition coefficient (Wildman–Crippen LogP) is 3.31. The number of nitrogens with zero attached hydrogens (tertiary/aromatic N) is 4. The molecule has 4 heterocycles. The average molecular weight is 431 g/mol. The van der Waals surface area contributed by atoms with Crippen LogP contribution in [-0.4, -0.2) is 51.2 Å². The third-order valence-electron chi connectivity index (χ3n) is 5.86. The minimum atomic E-state index is -0.169. The molecule has 160 valence electrons. The van der Waals surface area contributed by atoms with Crippen molar-refractivity contribution in [2.75, 3.05) is 18.9 Å². The van der Waals surface area contributed by atoms with Crippen molar-refractivity contribution in [2.45, 2.75) is 52.1 Å². The highest BCUT2D eigenvalue weighted by atomic mass is 35.5. The van der Waals surface area contributed by atoms with Gasteiger partial charge in [0.25, 0.3) is 0 Å². The molecule has 0 spiro atoms. The van der Waals surface area contributed by atoms with Crippen molar-refractivity contribution >= 4 is 29.4 Å². The summed E-state index contributed by atoms with van der Waals surface area (Å²) in [5.41, 5.74) is 3.10. The van der Waals surface area contributed by atoms with Crippen LogP contribution in [0.4, 0.5) is 10.6 Å². The summed E-state index contributed by atoms with van der Waals surface area (Å²) in [4.78, 5) is 30.6. The van der Waals surface area contributed by atoms with E-state index in [4.69, 9.17) is 11.6 Å². The second-order valence-corrected chi connectivity index (χ2v) is 9.26. The molecule has 0 saturated carbocycles. The van der Waals surface area contributed by atoms with Gasteiger partial charge in [0.05, 0.1) is 11.2 Å². The maximum atomic E-state index is 12.6. The van der Waals surface area contributed by atoms with E-state index in [0.29, 0.717) is 17.4 Å². The van der Waals surface area contributed by atoms with Crippen molar-refractivity contribution in [3.63, 3.8) is 0 Å². The fourth-order valence-corrected chi connectivity index (χ4v) is 4.66. The molecular weight excluding hydrogens is 404 g/mol. The Morgan fingerprint density at radius 1 is 1.30 bits per heavy atom. The molecule has 2 aliphatic rings. The summed E-state index contributed by atoms with van der Waals surface area (Å²) in [6, 6.07) is 1.56. The van der Waals surface area contributed by atoms with Gasteiger partial charge in [0, 0.05) is 55.6 Å². The van der Waals surface area contributed by atoms with Crippen LogP contribution in [0.25, 0.3) is 11.1 Å². The van der Waals surface area contributed by atoms with E-state index in [-0.39, 0.29) is 29.8 Å². The number of likely N-dealkylation sites (tertiary alicyclic amines) is 1.